The average molecular weight is 395 g/mol. The van der Waals surface area contributed by atoms with E-state index in [2.05, 4.69) is 10.3 Å². The van der Waals surface area contributed by atoms with Crippen molar-refractivity contribution in [3.8, 4) is 17.2 Å². The van der Waals surface area contributed by atoms with Gasteiger partial charge in [0.15, 0.2) is 17.2 Å². The second kappa shape index (κ2) is 10.1. The van der Waals surface area contributed by atoms with E-state index in [1.807, 2.05) is 6.26 Å². The number of carbonyl (C=O) groups excluding carboxylic acids is 1. The molecule has 1 aromatic heterocycles. The first-order valence-electron chi connectivity index (χ1n) is 8.31. The van der Waals surface area contributed by atoms with Crippen LogP contribution in [0.4, 0.5) is 0 Å². The van der Waals surface area contributed by atoms with Gasteiger partial charge in [0.1, 0.15) is 6.26 Å². The number of hydrogen-bond donors (Lipinski definition) is 2. The van der Waals surface area contributed by atoms with Crippen LogP contribution in [-0.2, 0) is 6.54 Å². The number of thioether (sulfide) groups is 1. The normalized spacial score (nSPS) is 11.7. The van der Waals surface area contributed by atoms with Gasteiger partial charge in [0.05, 0.1) is 27.4 Å². The third-order valence-electron chi connectivity index (χ3n) is 3.88. The second-order valence-electron chi connectivity index (χ2n) is 5.68. The van der Waals surface area contributed by atoms with E-state index < -0.39 is 0 Å². The highest BCUT2D eigenvalue weighted by molar-refractivity contribution is 7.98. The van der Waals surface area contributed by atoms with E-state index in [1.165, 1.54) is 27.6 Å². The van der Waals surface area contributed by atoms with Gasteiger partial charge in [0.2, 0.25) is 11.6 Å². The van der Waals surface area contributed by atoms with Crippen molar-refractivity contribution in [3.63, 3.8) is 0 Å². The van der Waals surface area contributed by atoms with E-state index in [0.717, 1.165) is 17.7 Å². The van der Waals surface area contributed by atoms with Gasteiger partial charge in [-0.25, -0.2) is 4.98 Å². The minimum atomic E-state index is -0.351. The predicted molar refractivity (Wildman–Crippen MR) is 104 cm³/mol. The molecule has 1 atom stereocenters. The number of methoxy groups -OCH3 is 3. The number of benzene rings is 1. The van der Waals surface area contributed by atoms with Crippen LogP contribution in [0.2, 0.25) is 0 Å². The van der Waals surface area contributed by atoms with Gasteiger partial charge in [0.25, 0.3) is 5.91 Å². The van der Waals surface area contributed by atoms with Crippen molar-refractivity contribution in [2.75, 3.05) is 33.3 Å². The maximum absolute atomic E-state index is 12.3. The van der Waals surface area contributed by atoms with Gasteiger partial charge < -0.3 is 29.7 Å². The number of oxazole rings is 1. The van der Waals surface area contributed by atoms with E-state index in [9.17, 15) is 4.79 Å². The molecule has 0 radical (unpaired) electrons. The van der Waals surface area contributed by atoms with Crippen LogP contribution < -0.4 is 25.3 Å². The second-order valence-corrected chi connectivity index (χ2v) is 6.66. The quantitative estimate of drug-likeness (QED) is 0.631. The van der Waals surface area contributed by atoms with Crippen LogP contribution >= 0.6 is 11.8 Å². The summed E-state index contributed by atoms with van der Waals surface area (Å²) in [5.74, 6) is 2.44. The molecule has 0 aliphatic rings. The summed E-state index contributed by atoms with van der Waals surface area (Å²) in [4.78, 5) is 16.5. The van der Waals surface area contributed by atoms with Gasteiger partial charge in [-0.15, -0.1) is 0 Å². The first-order chi connectivity index (χ1) is 13.0. The van der Waals surface area contributed by atoms with Gasteiger partial charge in [-0.05, 0) is 36.1 Å². The molecular weight excluding hydrogens is 370 g/mol. The molecule has 0 saturated carbocycles. The lowest BCUT2D eigenvalue weighted by Gasteiger charge is -2.14. The third kappa shape index (κ3) is 5.30. The van der Waals surface area contributed by atoms with E-state index in [1.54, 1.807) is 23.9 Å². The SMILES string of the molecule is COc1cc(CNC(=O)c2coc(C(N)CCSC)n2)cc(OC)c1OC. The van der Waals surface area contributed by atoms with Crippen molar-refractivity contribution >= 4 is 17.7 Å². The number of nitrogens with one attached hydrogen (secondary N) is 1. The molecule has 9 heteroatoms. The standard InChI is InChI=1S/C18H25N3O5S/c1-23-14-7-11(8-15(24-2)16(14)25-3)9-20-17(22)13-10-26-18(21-13)12(19)5-6-27-4/h7-8,10,12H,5-6,9,19H2,1-4H3,(H,20,22). The molecule has 148 valence electrons. The summed E-state index contributed by atoms with van der Waals surface area (Å²) in [5, 5.41) is 2.79. The fourth-order valence-electron chi connectivity index (χ4n) is 2.44. The Labute approximate surface area is 162 Å². The number of aromatic nitrogens is 1. The summed E-state index contributed by atoms with van der Waals surface area (Å²) in [6, 6.07) is 3.22. The van der Waals surface area contributed by atoms with Gasteiger partial charge >= 0.3 is 0 Å². The Morgan fingerprint density at radius 1 is 1.26 bits per heavy atom. The summed E-state index contributed by atoms with van der Waals surface area (Å²) in [6.07, 6.45) is 4.05. The lowest BCUT2D eigenvalue weighted by Crippen LogP contribution is -2.23. The molecule has 2 rings (SSSR count). The van der Waals surface area contributed by atoms with Gasteiger partial charge in [-0.2, -0.15) is 11.8 Å². The fourth-order valence-corrected chi connectivity index (χ4v) is 2.93. The molecule has 1 unspecified atom stereocenters. The molecule has 0 saturated heterocycles. The molecule has 27 heavy (non-hydrogen) atoms. The molecule has 0 aliphatic carbocycles. The largest absolute Gasteiger partial charge is 0.493 e. The molecule has 1 heterocycles. The summed E-state index contributed by atoms with van der Waals surface area (Å²) in [5.41, 5.74) is 6.99. The van der Waals surface area contributed by atoms with Gasteiger partial charge in [-0.1, -0.05) is 0 Å². The first-order valence-corrected chi connectivity index (χ1v) is 9.70. The Hall–Kier alpha value is -2.39. The van der Waals surface area contributed by atoms with Gasteiger partial charge in [0, 0.05) is 6.54 Å². The number of nitrogens with zero attached hydrogens (tertiary/aromatic N) is 1. The molecule has 0 spiro atoms. The van der Waals surface area contributed by atoms with E-state index in [4.69, 9.17) is 24.4 Å². The highest BCUT2D eigenvalue weighted by Crippen LogP contribution is 2.38. The van der Waals surface area contributed by atoms with Gasteiger partial charge in [-0.3, -0.25) is 4.79 Å². The molecule has 1 amide bonds. The van der Waals surface area contributed by atoms with Crippen LogP contribution in [-0.4, -0.2) is 44.2 Å². The molecule has 1 aromatic carbocycles. The number of rotatable bonds is 10. The average Bonchev–Trinajstić information content (AvgIpc) is 3.19. The zero-order chi connectivity index (χ0) is 19.8. The Balaban J connectivity index is 2.04. The summed E-state index contributed by atoms with van der Waals surface area (Å²) >= 11 is 1.69. The molecule has 0 aliphatic heterocycles. The Morgan fingerprint density at radius 3 is 2.48 bits per heavy atom. The van der Waals surface area contributed by atoms with Crippen LogP contribution in [0, 0.1) is 0 Å². The topological polar surface area (TPSA) is 109 Å². The highest BCUT2D eigenvalue weighted by atomic mass is 32.2. The van der Waals surface area contributed by atoms with Crippen molar-refractivity contribution in [1.82, 2.24) is 10.3 Å². The van der Waals surface area contributed by atoms with E-state index in [0.29, 0.717) is 23.1 Å². The highest BCUT2D eigenvalue weighted by Gasteiger charge is 2.18. The lowest BCUT2D eigenvalue weighted by molar-refractivity contribution is 0.0945. The minimum absolute atomic E-state index is 0.192. The number of ether oxygens (including phenoxy) is 3. The van der Waals surface area contributed by atoms with Crippen LogP contribution in [0.5, 0.6) is 17.2 Å². The fraction of sp³-hybridized carbons (Fsp3) is 0.444. The maximum Gasteiger partial charge on any atom is 0.273 e. The van der Waals surface area contributed by atoms with Crippen LogP contribution in [0.1, 0.15) is 34.4 Å². The smallest absolute Gasteiger partial charge is 0.273 e. The summed E-state index contributed by atoms with van der Waals surface area (Å²) in [7, 11) is 4.61. The zero-order valence-electron chi connectivity index (χ0n) is 15.9. The van der Waals surface area contributed by atoms with Crippen LogP contribution in [0.3, 0.4) is 0 Å². The van der Waals surface area contributed by atoms with Crippen molar-refractivity contribution in [2.24, 2.45) is 5.73 Å². The van der Waals surface area contributed by atoms with Crippen LogP contribution in [0.15, 0.2) is 22.8 Å². The molecular formula is C18H25N3O5S. The zero-order valence-corrected chi connectivity index (χ0v) is 16.7. The number of amides is 1. The van der Waals surface area contributed by atoms with E-state index in [-0.39, 0.29) is 24.2 Å². The molecule has 8 nitrogen and oxygen atoms in total. The Morgan fingerprint density at radius 2 is 1.93 bits per heavy atom. The summed E-state index contributed by atoms with van der Waals surface area (Å²) < 4.78 is 21.2. The number of carbonyl (C=O) groups is 1. The lowest BCUT2D eigenvalue weighted by atomic mass is 10.1. The number of hydrogen-bond acceptors (Lipinski definition) is 8. The summed E-state index contributed by atoms with van der Waals surface area (Å²) in [6.45, 7) is 0.260. The predicted octanol–water partition coefficient (Wildman–Crippen LogP) is 2.38. The van der Waals surface area contributed by atoms with Crippen molar-refractivity contribution < 1.29 is 23.4 Å². The van der Waals surface area contributed by atoms with Crippen molar-refractivity contribution in [3.05, 3.63) is 35.5 Å². The van der Waals surface area contributed by atoms with Crippen molar-refractivity contribution in [1.29, 1.82) is 0 Å². The van der Waals surface area contributed by atoms with Crippen LogP contribution in [0.25, 0.3) is 0 Å². The maximum atomic E-state index is 12.3. The molecule has 0 fully saturated rings. The van der Waals surface area contributed by atoms with E-state index >= 15 is 0 Å². The molecule has 0 bridgehead atoms. The first kappa shape index (κ1) is 20.9. The third-order valence-corrected chi connectivity index (χ3v) is 4.53. The van der Waals surface area contributed by atoms with Crippen molar-refractivity contribution in [2.45, 2.75) is 19.0 Å². The Bertz CT molecular complexity index is 740. The number of nitrogens with two attached hydrogens (primary N) is 1. The molecule has 3 N–H and O–H groups in total. The molecule has 2 aromatic rings. The monoisotopic (exact) mass is 395 g/mol. The minimum Gasteiger partial charge on any atom is -0.493 e. The Kier molecular flexibility index (Phi) is 7.81.